The first-order valence-corrected chi connectivity index (χ1v) is 9.66. The number of halogens is 3. The predicted molar refractivity (Wildman–Crippen MR) is 114 cm³/mol. The minimum absolute atomic E-state index is 0.148. The third-order valence-corrected chi connectivity index (χ3v) is 4.82. The third kappa shape index (κ3) is 4.49. The molecule has 8 heteroatoms. The van der Waals surface area contributed by atoms with Crippen molar-refractivity contribution in [3.8, 4) is 17.0 Å². The molecule has 0 radical (unpaired) electrons. The topological polar surface area (TPSA) is 56.2 Å². The van der Waals surface area contributed by atoms with Crippen molar-refractivity contribution < 1.29 is 22.7 Å². The Kier molecular flexibility index (Phi) is 5.93. The molecule has 0 unspecified atom stereocenters. The summed E-state index contributed by atoms with van der Waals surface area (Å²) in [5.41, 5.74) is 1.63. The summed E-state index contributed by atoms with van der Waals surface area (Å²) in [5.74, 6) is -3.76. The van der Waals surface area contributed by atoms with Crippen LogP contribution in [0.4, 0.5) is 18.9 Å². The number of carbonyl (C=O) groups is 1. The van der Waals surface area contributed by atoms with Crippen LogP contribution in [-0.2, 0) is 6.54 Å². The molecule has 5 nitrogen and oxygen atoms in total. The molecule has 0 saturated carbocycles. The van der Waals surface area contributed by atoms with Crippen LogP contribution in [0.5, 0.6) is 5.75 Å². The van der Waals surface area contributed by atoms with Gasteiger partial charge in [-0.15, -0.1) is 0 Å². The van der Waals surface area contributed by atoms with Gasteiger partial charge in [-0.3, -0.25) is 9.48 Å². The molecule has 1 amide bonds. The molecule has 0 fully saturated rings. The third-order valence-electron chi connectivity index (χ3n) is 4.82. The van der Waals surface area contributed by atoms with Gasteiger partial charge in [-0.1, -0.05) is 30.3 Å². The number of amides is 1. The van der Waals surface area contributed by atoms with E-state index in [0.29, 0.717) is 35.7 Å². The lowest BCUT2D eigenvalue weighted by Crippen LogP contribution is -2.14. The van der Waals surface area contributed by atoms with Crippen LogP contribution in [0.1, 0.15) is 15.9 Å². The van der Waals surface area contributed by atoms with E-state index in [9.17, 15) is 18.0 Å². The standard InChI is InChI=1S/C24H18F3N3O2/c1-32-17-9-7-16(8-10-17)23-18(14-30(29-23)13-15-5-3-2-4-6-15)24(31)28-22-12-20(26)19(25)11-21(22)27/h2-12,14H,13H2,1H3,(H,28,31). The molecule has 4 aromatic rings. The first-order valence-electron chi connectivity index (χ1n) is 9.66. The van der Waals surface area contributed by atoms with Crippen molar-refractivity contribution in [2.45, 2.75) is 6.54 Å². The second-order valence-corrected chi connectivity index (χ2v) is 7.00. The lowest BCUT2D eigenvalue weighted by molar-refractivity contribution is 0.102. The quantitative estimate of drug-likeness (QED) is 0.418. The van der Waals surface area contributed by atoms with Gasteiger partial charge in [0.25, 0.3) is 5.91 Å². The van der Waals surface area contributed by atoms with Crippen molar-refractivity contribution >= 4 is 11.6 Å². The molecule has 0 aliphatic carbocycles. The van der Waals surface area contributed by atoms with Gasteiger partial charge in [-0.05, 0) is 29.8 Å². The van der Waals surface area contributed by atoms with Gasteiger partial charge in [0.1, 0.15) is 17.3 Å². The molecule has 162 valence electrons. The lowest BCUT2D eigenvalue weighted by atomic mass is 10.1. The number of rotatable bonds is 6. The van der Waals surface area contributed by atoms with Crippen LogP contribution in [0, 0.1) is 17.5 Å². The van der Waals surface area contributed by atoms with Crippen molar-refractivity contribution in [3.05, 3.63) is 102 Å². The molecular formula is C24H18F3N3O2. The van der Waals surface area contributed by atoms with Crippen LogP contribution in [0.3, 0.4) is 0 Å². The fourth-order valence-electron chi connectivity index (χ4n) is 3.21. The minimum Gasteiger partial charge on any atom is -0.497 e. The summed E-state index contributed by atoms with van der Waals surface area (Å²) in [6, 6.07) is 17.4. The van der Waals surface area contributed by atoms with E-state index in [1.807, 2.05) is 30.3 Å². The minimum atomic E-state index is -1.34. The zero-order valence-corrected chi connectivity index (χ0v) is 17.0. The van der Waals surface area contributed by atoms with Crippen LogP contribution >= 0.6 is 0 Å². The van der Waals surface area contributed by atoms with E-state index in [1.54, 1.807) is 36.1 Å². The molecule has 0 aliphatic heterocycles. The maximum absolute atomic E-state index is 14.1. The van der Waals surface area contributed by atoms with Gasteiger partial charge in [-0.2, -0.15) is 5.10 Å². The molecule has 0 atom stereocenters. The Morgan fingerprint density at radius 2 is 1.66 bits per heavy atom. The molecule has 1 aromatic heterocycles. The monoisotopic (exact) mass is 437 g/mol. The normalized spacial score (nSPS) is 10.8. The molecule has 32 heavy (non-hydrogen) atoms. The maximum Gasteiger partial charge on any atom is 0.259 e. The number of benzene rings is 3. The number of carbonyl (C=O) groups excluding carboxylic acids is 1. The summed E-state index contributed by atoms with van der Waals surface area (Å²) in [6.07, 6.45) is 1.53. The average Bonchev–Trinajstić information content (AvgIpc) is 3.22. The first kappa shape index (κ1) is 21.2. The summed E-state index contributed by atoms with van der Waals surface area (Å²) in [5, 5.41) is 6.84. The SMILES string of the molecule is COc1ccc(-c2nn(Cc3ccccc3)cc2C(=O)Nc2cc(F)c(F)cc2F)cc1. The molecule has 0 bridgehead atoms. The molecule has 0 aliphatic rings. The summed E-state index contributed by atoms with van der Waals surface area (Å²) >= 11 is 0. The molecule has 1 heterocycles. The highest BCUT2D eigenvalue weighted by Gasteiger charge is 2.20. The Morgan fingerprint density at radius 3 is 2.34 bits per heavy atom. The Balaban J connectivity index is 1.71. The van der Waals surface area contributed by atoms with Crippen LogP contribution < -0.4 is 10.1 Å². The zero-order chi connectivity index (χ0) is 22.7. The number of methoxy groups -OCH3 is 1. The summed E-state index contributed by atoms with van der Waals surface area (Å²) in [7, 11) is 1.54. The molecule has 0 spiro atoms. The largest absolute Gasteiger partial charge is 0.497 e. The van der Waals surface area contributed by atoms with Crippen molar-refractivity contribution in [1.29, 1.82) is 0 Å². The van der Waals surface area contributed by atoms with Crippen LogP contribution in [0.25, 0.3) is 11.3 Å². The van der Waals surface area contributed by atoms with E-state index in [4.69, 9.17) is 4.74 Å². The van der Waals surface area contributed by atoms with Crippen LogP contribution in [0.2, 0.25) is 0 Å². The van der Waals surface area contributed by atoms with Gasteiger partial charge in [0, 0.05) is 23.9 Å². The van der Waals surface area contributed by atoms with Gasteiger partial charge >= 0.3 is 0 Å². The summed E-state index contributed by atoms with van der Waals surface area (Å²) in [4.78, 5) is 13.0. The highest BCUT2D eigenvalue weighted by atomic mass is 19.2. The van der Waals surface area contributed by atoms with E-state index >= 15 is 0 Å². The fraction of sp³-hybridized carbons (Fsp3) is 0.0833. The van der Waals surface area contributed by atoms with E-state index in [0.717, 1.165) is 5.56 Å². The van der Waals surface area contributed by atoms with Crippen molar-refractivity contribution in [3.63, 3.8) is 0 Å². The van der Waals surface area contributed by atoms with E-state index in [2.05, 4.69) is 10.4 Å². The van der Waals surface area contributed by atoms with Crippen molar-refractivity contribution in [2.24, 2.45) is 0 Å². The number of nitrogens with zero attached hydrogens (tertiary/aromatic N) is 2. The van der Waals surface area contributed by atoms with Gasteiger partial charge in [0.05, 0.1) is 24.9 Å². The number of anilines is 1. The maximum atomic E-state index is 14.1. The molecular weight excluding hydrogens is 419 g/mol. The summed E-state index contributed by atoms with van der Waals surface area (Å²) in [6.45, 7) is 0.400. The second-order valence-electron chi connectivity index (χ2n) is 7.00. The first-order chi connectivity index (χ1) is 15.4. The Morgan fingerprint density at radius 1 is 0.969 bits per heavy atom. The van der Waals surface area contributed by atoms with E-state index in [1.165, 1.54) is 6.20 Å². The Labute approximate surface area is 182 Å². The predicted octanol–water partition coefficient (Wildman–Crippen LogP) is 5.28. The highest BCUT2D eigenvalue weighted by molar-refractivity contribution is 6.08. The van der Waals surface area contributed by atoms with Gasteiger partial charge in [0.2, 0.25) is 0 Å². The van der Waals surface area contributed by atoms with Crippen molar-refractivity contribution in [1.82, 2.24) is 9.78 Å². The molecule has 1 N–H and O–H groups in total. The number of nitrogens with one attached hydrogen (secondary N) is 1. The zero-order valence-electron chi connectivity index (χ0n) is 17.0. The number of hydrogen-bond acceptors (Lipinski definition) is 3. The fourth-order valence-corrected chi connectivity index (χ4v) is 3.21. The molecule has 3 aromatic carbocycles. The van der Waals surface area contributed by atoms with Crippen LogP contribution in [-0.4, -0.2) is 22.8 Å². The number of hydrogen-bond donors (Lipinski definition) is 1. The number of aromatic nitrogens is 2. The van der Waals surface area contributed by atoms with Crippen LogP contribution in [0.15, 0.2) is 72.9 Å². The molecule has 0 saturated heterocycles. The highest BCUT2D eigenvalue weighted by Crippen LogP contribution is 2.27. The number of ether oxygens (including phenoxy) is 1. The average molecular weight is 437 g/mol. The van der Waals surface area contributed by atoms with Gasteiger partial charge in [-0.25, -0.2) is 13.2 Å². The van der Waals surface area contributed by atoms with E-state index < -0.39 is 29.0 Å². The summed E-state index contributed by atoms with van der Waals surface area (Å²) < 4.78 is 47.6. The van der Waals surface area contributed by atoms with Gasteiger partial charge in [0.15, 0.2) is 11.6 Å². The second kappa shape index (κ2) is 8.97. The van der Waals surface area contributed by atoms with E-state index in [-0.39, 0.29) is 5.56 Å². The Hall–Kier alpha value is -4.07. The lowest BCUT2D eigenvalue weighted by Gasteiger charge is -2.08. The van der Waals surface area contributed by atoms with Crippen molar-refractivity contribution in [2.75, 3.05) is 12.4 Å². The smallest absolute Gasteiger partial charge is 0.259 e. The molecule has 4 rings (SSSR count). The van der Waals surface area contributed by atoms with Gasteiger partial charge < -0.3 is 10.1 Å². The Bertz CT molecular complexity index is 1260.